The number of nitrogens with zero attached hydrogens (tertiary/aromatic N) is 3. The molecule has 47 heavy (non-hydrogen) atoms. The fourth-order valence-corrected chi connectivity index (χ4v) is 7.23. The zero-order valence-corrected chi connectivity index (χ0v) is 25.3. The van der Waals surface area contributed by atoms with Crippen molar-refractivity contribution in [1.82, 2.24) is 14.1 Å². The average Bonchev–Trinajstić information content (AvgIpc) is 3.81. The molecule has 10 aromatic rings. The van der Waals surface area contributed by atoms with Crippen LogP contribution in [0.2, 0.25) is 0 Å². The van der Waals surface area contributed by atoms with E-state index in [0.29, 0.717) is 0 Å². The fraction of sp³-hybridized carbons (Fsp3) is 0. The molecule has 0 amide bonds. The highest BCUT2D eigenvalue weighted by Gasteiger charge is 2.20. The van der Waals surface area contributed by atoms with Crippen LogP contribution >= 0.6 is 0 Å². The van der Waals surface area contributed by atoms with Gasteiger partial charge in [-0.05, 0) is 77.9 Å². The molecule has 7 aromatic carbocycles. The molecule has 0 saturated heterocycles. The Morgan fingerprint density at radius 2 is 1.13 bits per heavy atom. The summed E-state index contributed by atoms with van der Waals surface area (Å²) >= 11 is 0. The Hall–Kier alpha value is -6.39. The van der Waals surface area contributed by atoms with Crippen molar-refractivity contribution in [1.29, 1.82) is 0 Å². The average molecular weight is 602 g/mol. The molecule has 0 aliphatic carbocycles. The van der Waals surface area contributed by atoms with Gasteiger partial charge in [-0.15, -0.1) is 0 Å². The molecule has 10 rings (SSSR count). The third-order valence-electron chi connectivity index (χ3n) is 9.33. The number of benzene rings is 7. The Morgan fingerprint density at radius 1 is 0.426 bits per heavy atom. The predicted molar refractivity (Wildman–Crippen MR) is 194 cm³/mol. The normalized spacial score (nSPS) is 11.8. The summed E-state index contributed by atoms with van der Waals surface area (Å²) < 4.78 is 11.2. The molecule has 220 valence electrons. The van der Waals surface area contributed by atoms with Gasteiger partial charge in [0.2, 0.25) is 0 Å². The number of fused-ring (bicyclic) bond motifs is 7. The van der Waals surface area contributed by atoms with E-state index in [-0.39, 0.29) is 0 Å². The molecule has 0 saturated carbocycles. The Morgan fingerprint density at radius 3 is 2.00 bits per heavy atom. The molecule has 3 aromatic heterocycles. The van der Waals surface area contributed by atoms with Crippen LogP contribution < -0.4 is 0 Å². The van der Waals surface area contributed by atoms with Gasteiger partial charge in [0.05, 0.1) is 33.1 Å². The van der Waals surface area contributed by atoms with Crippen LogP contribution in [0.1, 0.15) is 0 Å². The van der Waals surface area contributed by atoms with Crippen molar-refractivity contribution < 1.29 is 4.42 Å². The Kier molecular flexibility index (Phi) is 5.54. The molecule has 0 aliphatic heterocycles. The minimum atomic E-state index is 0.854. The highest BCUT2D eigenvalue weighted by Crippen LogP contribution is 2.40. The van der Waals surface area contributed by atoms with E-state index in [1.54, 1.807) is 0 Å². The molecule has 0 bridgehead atoms. The zero-order valence-electron chi connectivity index (χ0n) is 25.3. The van der Waals surface area contributed by atoms with Crippen LogP contribution in [0.3, 0.4) is 0 Å². The van der Waals surface area contributed by atoms with Gasteiger partial charge in [-0.1, -0.05) is 97.1 Å². The smallest absolute Gasteiger partial charge is 0.145 e. The first kappa shape index (κ1) is 25.9. The Labute approximate surface area is 270 Å². The molecule has 3 heterocycles. The molecule has 0 fully saturated rings. The summed E-state index contributed by atoms with van der Waals surface area (Å²) in [6, 6.07) is 57.6. The van der Waals surface area contributed by atoms with Crippen LogP contribution in [0.5, 0.6) is 0 Å². The quantitative estimate of drug-likeness (QED) is 0.201. The number of rotatable bonds is 4. The van der Waals surface area contributed by atoms with Crippen LogP contribution in [0.25, 0.3) is 88.7 Å². The first-order valence-corrected chi connectivity index (χ1v) is 15.9. The number of furan rings is 1. The molecule has 0 radical (unpaired) electrons. The van der Waals surface area contributed by atoms with Gasteiger partial charge in [0, 0.05) is 27.4 Å². The molecule has 0 N–H and O–H groups in total. The standard InChI is InChI=1S/C43H27N3O/c1-3-12-28(13-4-1)43-44-35-17-8-10-19-38(35)46(43)39-20-11-21-40-42(39)33-24-22-30(27-41(33)47-40)29-23-25-37-34(26-29)32-16-7-9-18-36(32)45(37)31-14-5-2-6-15-31/h1-27H. The summed E-state index contributed by atoms with van der Waals surface area (Å²) in [5.41, 5.74) is 11.7. The van der Waals surface area contributed by atoms with Gasteiger partial charge in [0.1, 0.15) is 17.0 Å². The Bertz CT molecular complexity index is 2780. The first-order chi connectivity index (χ1) is 23.3. The predicted octanol–water partition coefficient (Wildman–Crippen LogP) is 11.4. The lowest BCUT2D eigenvalue weighted by molar-refractivity contribution is 0.669. The van der Waals surface area contributed by atoms with Crippen LogP contribution in [-0.2, 0) is 0 Å². The van der Waals surface area contributed by atoms with Gasteiger partial charge in [-0.2, -0.15) is 0 Å². The highest BCUT2D eigenvalue weighted by molar-refractivity contribution is 6.12. The van der Waals surface area contributed by atoms with E-state index in [0.717, 1.165) is 66.9 Å². The number of imidazole rings is 1. The molecule has 0 atom stereocenters. The molecule has 4 nitrogen and oxygen atoms in total. The maximum Gasteiger partial charge on any atom is 0.145 e. The highest BCUT2D eigenvalue weighted by atomic mass is 16.3. The third kappa shape index (κ3) is 3.92. The number of aromatic nitrogens is 3. The lowest BCUT2D eigenvalue weighted by Gasteiger charge is -2.11. The van der Waals surface area contributed by atoms with Crippen molar-refractivity contribution in [2.24, 2.45) is 0 Å². The van der Waals surface area contributed by atoms with Crippen LogP contribution in [0.15, 0.2) is 168 Å². The monoisotopic (exact) mass is 601 g/mol. The summed E-state index contributed by atoms with van der Waals surface area (Å²) in [6.07, 6.45) is 0. The van der Waals surface area contributed by atoms with Crippen molar-refractivity contribution in [2.75, 3.05) is 0 Å². The summed E-state index contributed by atoms with van der Waals surface area (Å²) in [4.78, 5) is 5.08. The van der Waals surface area contributed by atoms with Crippen molar-refractivity contribution in [3.63, 3.8) is 0 Å². The van der Waals surface area contributed by atoms with Gasteiger partial charge in [0.15, 0.2) is 0 Å². The van der Waals surface area contributed by atoms with E-state index in [4.69, 9.17) is 9.40 Å². The van der Waals surface area contributed by atoms with Gasteiger partial charge in [0.25, 0.3) is 0 Å². The van der Waals surface area contributed by atoms with Crippen LogP contribution in [-0.4, -0.2) is 14.1 Å². The third-order valence-corrected chi connectivity index (χ3v) is 9.33. The summed E-state index contributed by atoms with van der Waals surface area (Å²) in [7, 11) is 0. The van der Waals surface area contributed by atoms with E-state index in [2.05, 4.69) is 161 Å². The second-order valence-corrected chi connectivity index (χ2v) is 12.0. The largest absolute Gasteiger partial charge is 0.456 e. The first-order valence-electron chi connectivity index (χ1n) is 15.9. The van der Waals surface area contributed by atoms with E-state index in [1.807, 2.05) is 12.1 Å². The van der Waals surface area contributed by atoms with Crippen molar-refractivity contribution >= 4 is 54.8 Å². The summed E-state index contributed by atoms with van der Waals surface area (Å²) in [5, 5.41) is 4.63. The van der Waals surface area contributed by atoms with Crippen molar-refractivity contribution in [3.05, 3.63) is 164 Å². The lowest BCUT2D eigenvalue weighted by Crippen LogP contribution is -1.98. The number of para-hydroxylation sites is 4. The number of hydrogen-bond donors (Lipinski definition) is 0. The maximum absolute atomic E-state index is 6.59. The van der Waals surface area contributed by atoms with Crippen LogP contribution in [0.4, 0.5) is 0 Å². The zero-order chi connectivity index (χ0) is 30.9. The minimum absolute atomic E-state index is 0.854. The van der Waals surface area contributed by atoms with E-state index < -0.39 is 0 Å². The van der Waals surface area contributed by atoms with Crippen LogP contribution in [0, 0.1) is 0 Å². The second kappa shape index (κ2) is 10.1. The Balaban J connectivity index is 1.16. The van der Waals surface area contributed by atoms with E-state index in [9.17, 15) is 0 Å². The molecular weight excluding hydrogens is 574 g/mol. The molecule has 0 aliphatic rings. The van der Waals surface area contributed by atoms with Gasteiger partial charge in [-0.3, -0.25) is 4.57 Å². The second-order valence-electron chi connectivity index (χ2n) is 12.0. The molecule has 0 spiro atoms. The maximum atomic E-state index is 6.59. The summed E-state index contributed by atoms with van der Waals surface area (Å²) in [5.74, 6) is 0.910. The fourth-order valence-electron chi connectivity index (χ4n) is 7.23. The number of hydrogen-bond acceptors (Lipinski definition) is 2. The minimum Gasteiger partial charge on any atom is -0.456 e. The van der Waals surface area contributed by atoms with Crippen molar-refractivity contribution in [3.8, 4) is 33.9 Å². The van der Waals surface area contributed by atoms with Crippen molar-refractivity contribution in [2.45, 2.75) is 0 Å². The van der Waals surface area contributed by atoms with Gasteiger partial charge in [-0.25, -0.2) is 4.98 Å². The molecular formula is C43H27N3O. The van der Waals surface area contributed by atoms with Gasteiger partial charge < -0.3 is 8.98 Å². The van der Waals surface area contributed by atoms with Gasteiger partial charge >= 0.3 is 0 Å². The SMILES string of the molecule is c1ccc(-c2nc3ccccc3n2-c2cccc3oc4cc(-c5ccc6c(c5)c5ccccc5n6-c5ccccc5)ccc4c23)cc1. The topological polar surface area (TPSA) is 35.9 Å². The summed E-state index contributed by atoms with van der Waals surface area (Å²) in [6.45, 7) is 0. The molecule has 0 unspecified atom stereocenters. The lowest BCUT2D eigenvalue weighted by atomic mass is 10.0. The van der Waals surface area contributed by atoms with E-state index in [1.165, 1.54) is 21.8 Å². The van der Waals surface area contributed by atoms with E-state index >= 15 is 0 Å². The molecule has 4 heteroatoms.